The normalized spacial score (nSPS) is 19.5. The van der Waals surface area contributed by atoms with E-state index >= 15 is 0 Å². The minimum Gasteiger partial charge on any atom is -0.454 e. The highest BCUT2D eigenvalue weighted by Gasteiger charge is 2.24. The van der Waals surface area contributed by atoms with Crippen molar-refractivity contribution in [1.29, 1.82) is 0 Å². The van der Waals surface area contributed by atoms with Crippen LogP contribution in [0.3, 0.4) is 0 Å². The monoisotopic (exact) mass is 477 g/mol. The molecule has 1 aromatic heterocycles. The van der Waals surface area contributed by atoms with Gasteiger partial charge in [-0.15, -0.1) is 0 Å². The number of benzene rings is 2. The Morgan fingerprint density at radius 1 is 0.971 bits per heavy atom. The van der Waals surface area contributed by atoms with Crippen molar-refractivity contribution in [3.63, 3.8) is 0 Å². The molecule has 1 aliphatic carbocycles. The fourth-order valence-electron chi connectivity index (χ4n) is 5.24. The Hall–Kier alpha value is -3.03. The fraction of sp³-hybridized carbons (Fsp3) is 0.385. The lowest BCUT2D eigenvalue weighted by Crippen LogP contribution is -2.32. The average Bonchev–Trinajstić information content (AvgIpc) is 3.51. The van der Waals surface area contributed by atoms with Gasteiger partial charge in [0.2, 0.25) is 12.7 Å². The number of hydrogen-bond donors (Lipinski definition) is 2. The number of anilines is 4. The third kappa shape index (κ3) is 4.38. The van der Waals surface area contributed by atoms with Crippen LogP contribution in [-0.4, -0.2) is 40.8 Å². The number of aryl methyl sites for hydroxylation is 2. The summed E-state index contributed by atoms with van der Waals surface area (Å²) in [7, 11) is 0. The van der Waals surface area contributed by atoms with Crippen LogP contribution in [0.5, 0.6) is 11.5 Å². The van der Waals surface area contributed by atoms with Gasteiger partial charge >= 0.3 is 0 Å². The Bertz CT molecular complexity index is 1200. The molecule has 3 aromatic rings. The maximum atomic E-state index is 6.39. The van der Waals surface area contributed by atoms with Gasteiger partial charge in [-0.2, -0.15) is 4.98 Å². The van der Waals surface area contributed by atoms with Gasteiger partial charge in [0.05, 0.1) is 11.9 Å². The van der Waals surface area contributed by atoms with E-state index in [9.17, 15) is 0 Å². The lowest BCUT2D eigenvalue weighted by Gasteiger charge is -2.25. The van der Waals surface area contributed by atoms with E-state index in [0.29, 0.717) is 34.3 Å². The summed E-state index contributed by atoms with van der Waals surface area (Å²) < 4.78 is 11.0. The highest BCUT2D eigenvalue weighted by Crippen LogP contribution is 2.40. The molecule has 0 radical (unpaired) electrons. The van der Waals surface area contributed by atoms with E-state index in [-0.39, 0.29) is 6.79 Å². The summed E-state index contributed by atoms with van der Waals surface area (Å²) in [6.07, 6.45) is 9.05. The number of ether oxygens (including phenoxy) is 2. The second-order valence-electron chi connectivity index (χ2n) is 9.14. The zero-order chi connectivity index (χ0) is 22.9. The van der Waals surface area contributed by atoms with Crippen LogP contribution in [0.15, 0.2) is 42.6 Å². The van der Waals surface area contributed by atoms with Crippen LogP contribution >= 0.6 is 11.6 Å². The van der Waals surface area contributed by atoms with E-state index in [1.807, 2.05) is 18.2 Å². The van der Waals surface area contributed by atoms with Crippen molar-refractivity contribution in [3.8, 4) is 11.5 Å². The maximum Gasteiger partial charge on any atom is 0.231 e. The summed E-state index contributed by atoms with van der Waals surface area (Å²) in [4.78, 5) is 11.7. The van der Waals surface area contributed by atoms with E-state index in [0.717, 1.165) is 24.2 Å². The third-order valence-corrected chi connectivity index (χ3v) is 7.28. The largest absolute Gasteiger partial charge is 0.454 e. The van der Waals surface area contributed by atoms with E-state index in [1.165, 1.54) is 49.9 Å². The summed E-state index contributed by atoms with van der Waals surface area (Å²) in [5.74, 6) is 2.35. The molecule has 8 heteroatoms. The topological polar surface area (TPSA) is 71.5 Å². The summed E-state index contributed by atoms with van der Waals surface area (Å²) in [6, 6.07) is 13.0. The van der Waals surface area contributed by atoms with E-state index in [4.69, 9.17) is 21.1 Å². The number of fused-ring (bicyclic) bond motifs is 2. The van der Waals surface area contributed by atoms with Gasteiger partial charge in [-0.1, -0.05) is 23.7 Å². The van der Waals surface area contributed by atoms with Crippen LogP contribution in [0.1, 0.15) is 36.8 Å². The van der Waals surface area contributed by atoms with Gasteiger partial charge in [-0.25, -0.2) is 4.98 Å². The predicted molar refractivity (Wildman–Crippen MR) is 134 cm³/mol. The SMILES string of the molecule is Clc1cnc(Nc2ccc3c(c2)CC[C@@H](N2CCCC2)CC3)nc1Nc1cccc2c1OCO2. The van der Waals surface area contributed by atoms with Crippen molar-refractivity contribution in [2.24, 2.45) is 0 Å². The molecule has 0 saturated carbocycles. The first kappa shape index (κ1) is 21.5. The number of nitrogens with one attached hydrogen (secondary N) is 2. The van der Waals surface area contributed by atoms with Crippen LogP contribution in [0, 0.1) is 0 Å². The summed E-state index contributed by atoms with van der Waals surface area (Å²) >= 11 is 6.39. The average molecular weight is 478 g/mol. The second kappa shape index (κ2) is 9.31. The molecule has 6 rings (SSSR count). The summed E-state index contributed by atoms with van der Waals surface area (Å²) in [5.41, 5.74) is 4.63. The number of rotatable bonds is 5. The molecule has 3 aliphatic rings. The molecule has 0 amide bonds. The predicted octanol–water partition coefficient (Wildman–Crippen LogP) is 5.69. The van der Waals surface area contributed by atoms with Crippen molar-refractivity contribution in [1.82, 2.24) is 14.9 Å². The van der Waals surface area contributed by atoms with E-state index < -0.39 is 0 Å². The molecule has 1 atom stereocenters. The van der Waals surface area contributed by atoms with Gasteiger partial charge in [0.25, 0.3) is 0 Å². The highest BCUT2D eigenvalue weighted by atomic mass is 35.5. The number of nitrogens with zero attached hydrogens (tertiary/aromatic N) is 3. The van der Waals surface area contributed by atoms with Gasteiger partial charge < -0.3 is 25.0 Å². The van der Waals surface area contributed by atoms with Crippen molar-refractivity contribution in [2.75, 3.05) is 30.5 Å². The van der Waals surface area contributed by atoms with Crippen LogP contribution in [0.25, 0.3) is 0 Å². The molecule has 2 N–H and O–H groups in total. The Kier molecular flexibility index (Phi) is 5.89. The van der Waals surface area contributed by atoms with Gasteiger partial charge in [-0.3, -0.25) is 0 Å². The minimum absolute atomic E-state index is 0.204. The quantitative estimate of drug-likeness (QED) is 0.457. The highest BCUT2D eigenvalue weighted by molar-refractivity contribution is 6.33. The molecular weight excluding hydrogens is 450 g/mol. The number of hydrogen-bond acceptors (Lipinski definition) is 7. The van der Waals surface area contributed by atoms with Gasteiger partial charge in [0.1, 0.15) is 5.02 Å². The lowest BCUT2D eigenvalue weighted by atomic mass is 10.0. The van der Waals surface area contributed by atoms with E-state index in [1.54, 1.807) is 6.20 Å². The van der Waals surface area contributed by atoms with E-state index in [2.05, 4.69) is 43.7 Å². The number of para-hydroxylation sites is 1. The Morgan fingerprint density at radius 2 is 1.82 bits per heavy atom. The molecule has 2 aromatic carbocycles. The van der Waals surface area contributed by atoms with Crippen LogP contribution in [0.2, 0.25) is 5.02 Å². The van der Waals surface area contributed by atoms with Crippen molar-refractivity contribution in [3.05, 3.63) is 58.7 Å². The number of likely N-dealkylation sites (tertiary alicyclic amines) is 1. The fourth-order valence-corrected chi connectivity index (χ4v) is 5.38. The first-order chi connectivity index (χ1) is 16.7. The molecule has 0 spiro atoms. The first-order valence-corrected chi connectivity index (χ1v) is 12.4. The Balaban J connectivity index is 1.18. The molecule has 176 valence electrons. The van der Waals surface area contributed by atoms with Gasteiger partial charge in [0, 0.05) is 11.7 Å². The van der Waals surface area contributed by atoms with Crippen molar-refractivity contribution in [2.45, 2.75) is 44.6 Å². The summed E-state index contributed by atoms with van der Waals surface area (Å²) in [5, 5.41) is 7.04. The minimum atomic E-state index is 0.204. The molecule has 3 heterocycles. The van der Waals surface area contributed by atoms with Crippen LogP contribution < -0.4 is 20.1 Å². The number of halogens is 1. The van der Waals surface area contributed by atoms with Crippen molar-refractivity contribution < 1.29 is 9.47 Å². The standard InChI is InChI=1S/C26H28ClN5O2/c27-21-15-28-26(31-25(21)30-22-4-3-5-23-24(22)34-16-33-23)29-19-9-6-17-7-10-20(11-8-18(17)14-19)32-12-1-2-13-32/h3-6,9,14-15,20H,1-2,7-8,10-13,16H2,(H2,28,29,30,31)/t20-/m0/s1. The van der Waals surface area contributed by atoms with Crippen LogP contribution in [0.4, 0.5) is 23.1 Å². The lowest BCUT2D eigenvalue weighted by molar-refractivity contribution is 0.174. The summed E-state index contributed by atoms with van der Waals surface area (Å²) in [6.45, 7) is 2.74. The molecule has 0 unspecified atom stereocenters. The molecule has 7 nitrogen and oxygen atoms in total. The third-order valence-electron chi connectivity index (χ3n) is 7.01. The first-order valence-electron chi connectivity index (χ1n) is 12.0. The molecule has 0 bridgehead atoms. The smallest absolute Gasteiger partial charge is 0.231 e. The zero-order valence-corrected chi connectivity index (χ0v) is 19.8. The Labute approximate surface area is 204 Å². The molecular formula is C26H28ClN5O2. The molecule has 34 heavy (non-hydrogen) atoms. The van der Waals surface area contributed by atoms with Crippen molar-refractivity contribution >= 4 is 34.7 Å². The van der Waals surface area contributed by atoms with Crippen LogP contribution in [-0.2, 0) is 12.8 Å². The van der Waals surface area contributed by atoms with Gasteiger partial charge in [0.15, 0.2) is 17.3 Å². The molecule has 1 fully saturated rings. The second-order valence-corrected chi connectivity index (χ2v) is 9.54. The Morgan fingerprint density at radius 3 is 2.71 bits per heavy atom. The molecule has 2 aliphatic heterocycles. The zero-order valence-electron chi connectivity index (χ0n) is 19.0. The molecule has 1 saturated heterocycles. The number of aromatic nitrogens is 2. The van der Waals surface area contributed by atoms with Gasteiger partial charge in [-0.05, 0) is 87.0 Å². The maximum absolute atomic E-state index is 6.39.